The van der Waals surface area contributed by atoms with Crippen molar-refractivity contribution in [3.8, 4) is 16.9 Å². The number of nitrogens with one attached hydrogen (secondary N) is 1. The van der Waals surface area contributed by atoms with E-state index >= 15 is 0 Å². The topological polar surface area (TPSA) is 60.0 Å². The molecule has 6 nitrogen and oxygen atoms in total. The quantitative estimate of drug-likeness (QED) is 0.618. The number of benzene rings is 2. The molecule has 2 bridgehead atoms. The average molecular weight is 439 g/mol. The maximum Gasteiger partial charge on any atom is 0.408 e. The Bertz CT molecular complexity index is 887. The van der Waals surface area contributed by atoms with Crippen LogP contribution < -0.4 is 10.1 Å². The molecule has 32 heavy (non-hydrogen) atoms. The van der Waals surface area contributed by atoms with Gasteiger partial charge in [-0.25, -0.2) is 4.79 Å². The highest BCUT2D eigenvalue weighted by Gasteiger charge is 2.37. The number of amides is 1. The van der Waals surface area contributed by atoms with Crippen molar-refractivity contribution < 1.29 is 19.0 Å². The van der Waals surface area contributed by atoms with E-state index in [1.54, 1.807) is 7.11 Å². The van der Waals surface area contributed by atoms with E-state index in [9.17, 15) is 4.79 Å². The third kappa shape index (κ3) is 5.43. The Hall–Kier alpha value is -2.57. The summed E-state index contributed by atoms with van der Waals surface area (Å²) in [6, 6.07) is 16.3. The summed E-state index contributed by atoms with van der Waals surface area (Å²) < 4.78 is 16.4. The highest BCUT2D eigenvalue weighted by Crippen LogP contribution is 2.30. The van der Waals surface area contributed by atoms with Crippen LogP contribution in [0.2, 0.25) is 0 Å². The Morgan fingerprint density at radius 1 is 1.00 bits per heavy atom. The molecule has 0 unspecified atom stereocenters. The Morgan fingerprint density at radius 3 is 2.19 bits per heavy atom. The third-order valence-electron chi connectivity index (χ3n) is 6.62. The van der Waals surface area contributed by atoms with Gasteiger partial charge >= 0.3 is 6.09 Å². The number of nitrogens with zero attached hydrogens (tertiary/aromatic N) is 1. The highest BCUT2D eigenvalue weighted by atomic mass is 16.6. The average Bonchev–Trinajstić information content (AvgIpc) is 2.80. The lowest BCUT2D eigenvalue weighted by Crippen LogP contribution is -2.53. The van der Waals surface area contributed by atoms with Crippen molar-refractivity contribution in [2.24, 2.45) is 5.92 Å². The van der Waals surface area contributed by atoms with Gasteiger partial charge in [-0.15, -0.1) is 0 Å². The van der Waals surface area contributed by atoms with Crippen LogP contribution in [0.25, 0.3) is 11.1 Å². The monoisotopic (exact) mass is 438 g/mol. The number of alkyl carbamates (subject to hydrolysis) is 1. The minimum Gasteiger partial charge on any atom is -0.491 e. The van der Waals surface area contributed by atoms with Crippen molar-refractivity contribution in [2.75, 3.05) is 40.0 Å². The lowest BCUT2D eigenvalue weighted by molar-refractivity contribution is -0.0349. The molecule has 6 heteroatoms. The fraction of sp³-hybridized carbons (Fsp3) is 0.500. The predicted molar refractivity (Wildman–Crippen MR) is 125 cm³/mol. The van der Waals surface area contributed by atoms with Crippen molar-refractivity contribution in [2.45, 2.75) is 38.3 Å². The standard InChI is InChI=1S/C26H34N2O4/c1-26(2,27-25(29)32-24-18-28-14-12-21(24)13-15-28)22-8-4-19(5-9-22)20-6-10-23(11-7-20)31-17-16-30-3/h4-11,21,24H,12-18H2,1-3H3,(H,27,29)/t24-/m0/s1. The molecule has 1 amide bonds. The summed E-state index contributed by atoms with van der Waals surface area (Å²) in [7, 11) is 1.66. The first-order valence-corrected chi connectivity index (χ1v) is 11.5. The molecule has 5 rings (SSSR count). The van der Waals surface area contributed by atoms with Gasteiger partial charge in [-0.3, -0.25) is 4.90 Å². The molecule has 0 radical (unpaired) electrons. The number of piperidine rings is 3. The maximum atomic E-state index is 12.6. The Labute approximate surface area is 190 Å². The van der Waals surface area contributed by atoms with Crippen LogP contribution in [0.5, 0.6) is 5.75 Å². The van der Waals surface area contributed by atoms with Crippen molar-refractivity contribution in [3.63, 3.8) is 0 Å². The van der Waals surface area contributed by atoms with E-state index in [1.165, 1.54) is 0 Å². The zero-order valence-corrected chi connectivity index (χ0v) is 19.3. The third-order valence-corrected chi connectivity index (χ3v) is 6.62. The normalized spacial score (nSPS) is 22.4. The first-order valence-electron chi connectivity index (χ1n) is 11.5. The van der Waals surface area contributed by atoms with Crippen molar-refractivity contribution >= 4 is 6.09 Å². The number of rotatable bonds is 8. The molecule has 3 saturated heterocycles. The summed E-state index contributed by atoms with van der Waals surface area (Å²) in [5.41, 5.74) is 2.74. The smallest absolute Gasteiger partial charge is 0.408 e. The van der Waals surface area contributed by atoms with E-state index in [0.29, 0.717) is 19.1 Å². The van der Waals surface area contributed by atoms with E-state index < -0.39 is 5.54 Å². The summed E-state index contributed by atoms with van der Waals surface area (Å²) in [6.07, 6.45) is 1.94. The van der Waals surface area contributed by atoms with E-state index in [4.69, 9.17) is 14.2 Å². The van der Waals surface area contributed by atoms with E-state index in [2.05, 4.69) is 34.5 Å². The number of carbonyl (C=O) groups excluding carboxylic acids is 1. The molecule has 1 N–H and O–H groups in total. The molecule has 2 aromatic carbocycles. The van der Waals surface area contributed by atoms with Crippen molar-refractivity contribution in [1.29, 1.82) is 0 Å². The van der Waals surface area contributed by atoms with Crippen LogP contribution in [0.3, 0.4) is 0 Å². The first kappa shape index (κ1) is 22.6. The zero-order valence-electron chi connectivity index (χ0n) is 19.3. The highest BCUT2D eigenvalue weighted by molar-refractivity contribution is 5.69. The van der Waals surface area contributed by atoms with Gasteiger partial charge in [0.2, 0.25) is 0 Å². The molecule has 0 aromatic heterocycles. The molecule has 3 aliphatic heterocycles. The Balaban J connectivity index is 1.34. The van der Waals surface area contributed by atoms with Crippen molar-refractivity contribution in [3.05, 3.63) is 54.1 Å². The van der Waals surface area contributed by atoms with Crippen LogP contribution in [0, 0.1) is 5.92 Å². The Morgan fingerprint density at radius 2 is 1.62 bits per heavy atom. The maximum absolute atomic E-state index is 12.6. The van der Waals surface area contributed by atoms with Crippen LogP contribution in [0.1, 0.15) is 32.3 Å². The van der Waals surface area contributed by atoms with Gasteiger partial charge in [0, 0.05) is 13.7 Å². The number of ether oxygens (including phenoxy) is 3. The molecule has 2 aromatic rings. The van der Waals surface area contributed by atoms with Crippen LogP contribution in [0.15, 0.2) is 48.5 Å². The summed E-state index contributed by atoms with van der Waals surface area (Å²) in [5.74, 6) is 1.33. The molecule has 3 fully saturated rings. The number of carbonyl (C=O) groups is 1. The first-order chi connectivity index (χ1) is 15.4. The number of methoxy groups -OCH3 is 1. The molecule has 172 valence electrons. The van der Waals surface area contributed by atoms with E-state index in [1.807, 2.05) is 38.1 Å². The van der Waals surface area contributed by atoms with Gasteiger partial charge in [0.1, 0.15) is 18.5 Å². The molecule has 0 saturated carbocycles. The molecule has 0 aliphatic carbocycles. The van der Waals surface area contributed by atoms with Gasteiger partial charge in [0.25, 0.3) is 0 Å². The van der Waals surface area contributed by atoms with Crippen LogP contribution in [-0.4, -0.2) is 57.1 Å². The number of hydrogen-bond acceptors (Lipinski definition) is 5. The summed E-state index contributed by atoms with van der Waals surface area (Å²) in [4.78, 5) is 15.0. The van der Waals surface area contributed by atoms with E-state index in [0.717, 1.165) is 54.9 Å². The molecule has 1 atom stereocenters. The second-order valence-electron chi connectivity index (χ2n) is 9.27. The largest absolute Gasteiger partial charge is 0.491 e. The van der Waals surface area contributed by atoms with Crippen molar-refractivity contribution in [1.82, 2.24) is 10.2 Å². The fourth-order valence-corrected chi connectivity index (χ4v) is 4.60. The summed E-state index contributed by atoms with van der Waals surface area (Å²) in [6.45, 7) is 8.25. The molecular weight excluding hydrogens is 404 g/mol. The number of fused-ring (bicyclic) bond motifs is 3. The SMILES string of the molecule is COCCOc1ccc(-c2ccc(C(C)(C)NC(=O)O[C@H]3CN4CCC3CC4)cc2)cc1. The van der Waals surface area contributed by atoms with Crippen LogP contribution >= 0.6 is 0 Å². The molecule has 0 spiro atoms. The molecule has 3 heterocycles. The predicted octanol–water partition coefficient (Wildman–Crippen LogP) is 4.43. The van der Waals surface area contributed by atoms with Gasteiger partial charge in [0.05, 0.1) is 12.1 Å². The second-order valence-corrected chi connectivity index (χ2v) is 9.27. The fourth-order valence-electron chi connectivity index (χ4n) is 4.60. The summed E-state index contributed by atoms with van der Waals surface area (Å²) >= 11 is 0. The zero-order chi connectivity index (χ0) is 22.6. The minimum atomic E-state index is -0.525. The Kier molecular flexibility index (Phi) is 7.01. The van der Waals surface area contributed by atoms with Gasteiger partial charge in [-0.2, -0.15) is 0 Å². The van der Waals surface area contributed by atoms with Crippen LogP contribution in [-0.2, 0) is 15.0 Å². The van der Waals surface area contributed by atoms with Gasteiger partial charge in [-0.05, 0) is 74.5 Å². The lowest BCUT2D eigenvalue weighted by atomic mass is 9.86. The lowest BCUT2D eigenvalue weighted by Gasteiger charge is -2.44. The van der Waals surface area contributed by atoms with Crippen LogP contribution in [0.4, 0.5) is 4.79 Å². The van der Waals surface area contributed by atoms with Gasteiger partial charge in [-0.1, -0.05) is 36.4 Å². The minimum absolute atomic E-state index is 0.0112. The number of hydrogen-bond donors (Lipinski definition) is 1. The molecular formula is C26H34N2O4. The van der Waals surface area contributed by atoms with Gasteiger partial charge < -0.3 is 19.5 Å². The second kappa shape index (κ2) is 9.92. The van der Waals surface area contributed by atoms with Gasteiger partial charge in [0.15, 0.2) is 0 Å². The summed E-state index contributed by atoms with van der Waals surface area (Å²) in [5, 5.41) is 3.06. The molecule has 3 aliphatic rings. The van der Waals surface area contributed by atoms with E-state index in [-0.39, 0.29) is 12.2 Å².